The SMILES string of the molecule is COc1ccc2c(c1)-c1cc(OC)cc3c1B2c1cc2c(C)cc4c5c(cc6c(C)cc-3c1c6c25)B1c2ccc(OC)cc2-c2cc(OC)cc-4c21. The van der Waals surface area contributed by atoms with Crippen LogP contribution in [0, 0.1) is 13.8 Å². The number of hydrogen-bond acceptors (Lipinski definition) is 4. The summed E-state index contributed by atoms with van der Waals surface area (Å²) in [6.45, 7) is 4.84. The summed E-state index contributed by atoms with van der Waals surface area (Å²) in [7, 11) is 7.04. The highest BCUT2D eigenvalue weighted by molar-refractivity contribution is 7.03. The minimum absolute atomic E-state index is 0.120. The van der Waals surface area contributed by atoms with E-state index in [9.17, 15) is 0 Å². The molecule has 0 unspecified atom stereocenters. The molecule has 0 saturated carbocycles. The van der Waals surface area contributed by atoms with Crippen LogP contribution in [0.1, 0.15) is 11.1 Å². The van der Waals surface area contributed by atoms with Crippen LogP contribution in [0.15, 0.2) is 84.9 Å². The number of fused-ring (bicyclic) bond motifs is 10. The quantitative estimate of drug-likeness (QED) is 0.166. The summed E-state index contributed by atoms with van der Waals surface area (Å²) in [5.74, 6) is 3.50. The molecule has 0 fully saturated rings. The summed E-state index contributed by atoms with van der Waals surface area (Å²) in [6.07, 6.45) is 0. The van der Waals surface area contributed by atoms with Gasteiger partial charge >= 0.3 is 0 Å². The topological polar surface area (TPSA) is 36.9 Å². The van der Waals surface area contributed by atoms with Crippen molar-refractivity contribution in [2.75, 3.05) is 28.4 Å². The standard InChI is InChI=1S/C46H32B2O4/c1-21-11-31-35-17-25(51-5)15-33-29-13-24(50-4)8-10-38(29)48(45(33)35)40-20-28-22(2)12-32-36-18-26(52-6)16-34-30-14-23(49-3)7-9-37(30)47(46(34)36)39-19-27(21)43(41(31)40)44(28)42(32)39/h7-20H,1-6H3. The van der Waals surface area contributed by atoms with Crippen LogP contribution in [0.3, 0.4) is 0 Å². The molecular formula is C46H32B2O4. The van der Waals surface area contributed by atoms with E-state index in [1.165, 1.54) is 121 Å². The van der Waals surface area contributed by atoms with Gasteiger partial charge in [0.25, 0.3) is 0 Å². The van der Waals surface area contributed by atoms with Crippen molar-refractivity contribution in [3.05, 3.63) is 96.1 Å². The number of ether oxygens (including phenoxy) is 4. The number of aryl methyl sites for hydroxylation is 2. The molecule has 4 aliphatic heterocycles. The third-order valence-corrected chi connectivity index (χ3v) is 12.9. The Labute approximate surface area is 302 Å². The van der Waals surface area contributed by atoms with Gasteiger partial charge in [-0.2, -0.15) is 0 Å². The summed E-state index contributed by atoms with van der Waals surface area (Å²) < 4.78 is 23.5. The predicted molar refractivity (Wildman–Crippen MR) is 217 cm³/mol. The van der Waals surface area contributed by atoms with E-state index in [1.807, 2.05) is 0 Å². The fourth-order valence-corrected chi connectivity index (χ4v) is 10.7. The molecule has 4 aliphatic rings. The van der Waals surface area contributed by atoms with Gasteiger partial charge in [0, 0.05) is 0 Å². The average molecular weight is 670 g/mol. The molecule has 0 atom stereocenters. The fraction of sp³-hybridized carbons (Fsp3) is 0.130. The molecule has 6 heteroatoms. The van der Waals surface area contributed by atoms with Crippen molar-refractivity contribution in [3.8, 4) is 67.5 Å². The minimum Gasteiger partial charge on any atom is -0.497 e. The molecule has 0 saturated heterocycles. The summed E-state index contributed by atoms with van der Waals surface area (Å²) in [5, 5.41) is 8.16. The van der Waals surface area contributed by atoms with E-state index in [1.54, 1.807) is 28.4 Å². The van der Waals surface area contributed by atoms with Gasteiger partial charge < -0.3 is 18.9 Å². The first-order valence-corrected chi connectivity index (χ1v) is 18.0. The van der Waals surface area contributed by atoms with Gasteiger partial charge in [-0.05, 0) is 150 Å². The van der Waals surface area contributed by atoms with Crippen LogP contribution in [0.4, 0.5) is 0 Å². The van der Waals surface area contributed by atoms with Crippen LogP contribution in [-0.4, -0.2) is 41.9 Å². The van der Waals surface area contributed by atoms with Crippen LogP contribution in [-0.2, 0) is 0 Å². The molecule has 246 valence electrons. The van der Waals surface area contributed by atoms with Crippen LogP contribution in [0.5, 0.6) is 23.0 Å². The van der Waals surface area contributed by atoms with Crippen molar-refractivity contribution in [1.82, 2.24) is 0 Å². The molecule has 4 nitrogen and oxygen atoms in total. The van der Waals surface area contributed by atoms with Gasteiger partial charge in [-0.25, -0.2) is 0 Å². The second kappa shape index (κ2) is 9.51. The molecule has 4 heterocycles. The molecular weight excluding hydrogens is 638 g/mol. The lowest BCUT2D eigenvalue weighted by molar-refractivity contribution is 0.414. The lowest BCUT2D eigenvalue weighted by Gasteiger charge is -2.32. The highest BCUT2D eigenvalue weighted by Gasteiger charge is 2.44. The zero-order valence-corrected chi connectivity index (χ0v) is 29.9. The van der Waals surface area contributed by atoms with Crippen molar-refractivity contribution >= 4 is 78.5 Å². The molecule has 0 N–H and O–H groups in total. The van der Waals surface area contributed by atoms with E-state index >= 15 is 0 Å². The largest absolute Gasteiger partial charge is 0.497 e. The van der Waals surface area contributed by atoms with E-state index in [0.29, 0.717) is 0 Å². The van der Waals surface area contributed by atoms with Crippen molar-refractivity contribution in [3.63, 3.8) is 0 Å². The van der Waals surface area contributed by atoms with Gasteiger partial charge in [0.15, 0.2) is 0 Å². The smallest absolute Gasteiger partial charge is 0.244 e. The number of benzene rings is 8. The van der Waals surface area contributed by atoms with Crippen molar-refractivity contribution in [2.24, 2.45) is 0 Å². The Hall–Kier alpha value is -5.87. The molecule has 0 aliphatic carbocycles. The molecule has 0 radical (unpaired) electrons. The van der Waals surface area contributed by atoms with Gasteiger partial charge in [-0.1, -0.05) is 69.2 Å². The zero-order valence-electron chi connectivity index (χ0n) is 29.9. The van der Waals surface area contributed by atoms with Crippen molar-refractivity contribution in [1.29, 1.82) is 0 Å². The van der Waals surface area contributed by atoms with Gasteiger partial charge in [0.05, 0.1) is 28.4 Å². The van der Waals surface area contributed by atoms with Gasteiger partial charge in [-0.3, -0.25) is 0 Å². The molecule has 0 spiro atoms. The normalized spacial score (nSPS) is 13.5. The van der Waals surface area contributed by atoms with Crippen LogP contribution in [0.2, 0.25) is 0 Å². The Morgan fingerprint density at radius 2 is 0.712 bits per heavy atom. The van der Waals surface area contributed by atoms with E-state index in [2.05, 4.69) is 98.8 Å². The number of methoxy groups -OCH3 is 4. The monoisotopic (exact) mass is 670 g/mol. The Morgan fingerprint density at radius 3 is 1.10 bits per heavy atom. The van der Waals surface area contributed by atoms with E-state index in [-0.39, 0.29) is 13.4 Å². The van der Waals surface area contributed by atoms with E-state index < -0.39 is 0 Å². The van der Waals surface area contributed by atoms with Crippen molar-refractivity contribution in [2.45, 2.75) is 13.8 Å². The third kappa shape index (κ3) is 3.20. The van der Waals surface area contributed by atoms with Crippen LogP contribution >= 0.6 is 0 Å². The maximum atomic E-state index is 5.98. The van der Waals surface area contributed by atoms with Gasteiger partial charge in [0.2, 0.25) is 13.4 Å². The Kier molecular flexibility index (Phi) is 5.26. The molecule has 52 heavy (non-hydrogen) atoms. The number of hydrogen-bond donors (Lipinski definition) is 0. The minimum atomic E-state index is 0.120. The van der Waals surface area contributed by atoms with E-state index in [4.69, 9.17) is 18.9 Å². The second-order valence-electron chi connectivity index (χ2n) is 15.1. The second-order valence-corrected chi connectivity index (χ2v) is 15.1. The van der Waals surface area contributed by atoms with Crippen molar-refractivity contribution < 1.29 is 18.9 Å². The maximum Gasteiger partial charge on any atom is 0.244 e. The molecule has 0 aromatic heterocycles. The maximum absolute atomic E-state index is 5.98. The van der Waals surface area contributed by atoms with Gasteiger partial charge in [0.1, 0.15) is 23.0 Å². The fourth-order valence-electron chi connectivity index (χ4n) is 10.7. The Bertz CT molecular complexity index is 2790. The van der Waals surface area contributed by atoms with Gasteiger partial charge in [-0.15, -0.1) is 0 Å². The van der Waals surface area contributed by atoms with E-state index in [0.717, 1.165) is 23.0 Å². The zero-order chi connectivity index (χ0) is 34.9. The lowest BCUT2D eigenvalue weighted by atomic mass is 9.34. The summed E-state index contributed by atoms with van der Waals surface area (Å²) in [4.78, 5) is 0. The van der Waals surface area contributed by atoms with Crippen LogP contribution < -0.4 is 51.7 Å². The third-order valence-electron chi connectivity index (χ3n) is 12.9. The first-order valence-electron chi connectivity index (χ1n) is 18.0. The number of rotatable bonds is 4. The summed E-state index contributed by atoms with van der Waals surface area (Å²) in [5.41, 5.74) is 20.8. The molecule has 8 aromatic rings. The highest BCUT2D eigenvalue weighted by Crippen LogP contribution is 2.49. The summed E-state index contributed by atoms with van der Waals surface area (Å²) in [6, 6.07) is 32.1. The average Bonchev–Trinajstić information content (AvgIpc) is 3.68. The molecule has 0 amide bonds. The van der Waals surface area contributed by atoms with Crippen LogP contribution in [0.25, 0.3) is 76.8 Å². The molecule has 8 aromatic carbocycles. The first kappa shape index (κ1) is 28.8. The highest BCUT2D eigenvalue weighted by atomic mass is 16.5. The molecule has 12 rings (SSSR count). The Morgan fingerprint density at radius 1 is 0.346 bits per heavy atom. The Balaban J connectivity index is 1.27. The first-order chi connectivity index (χ1) is 25.4. The lowest BCUT2D eigenvalue weighted by Crippen LogP contribution is -2.53. The molecule has 0 bridgehead atoms. The predicted octanol–water partition coefficient (Wildman–Crippen LogP) is 6.19. The summed E-state index contributed by atoms with van der Waals surface area (Å²) >= 11 is 0.